The molecule has 0 fully saturated rings. The van der Waals surface area contributed by atoms with Gasteiger partial charge in [-0.1, -0.05) is 55.7 Å². The summed E-state index contributed by atoms with van der Waals surface area (Å²) in [5.41, 5.74) is 2.65. The second-order valence-electron chi connectivity index (χ2n) is 5.02. The number of aliphatic hydroxyl groups is 1. The molecule has 0 aromatic carbocycles. The summed E-state index contributed by atoms with van der Waals surface area (Å²) >= 11 is 0. The van der Waals surface area contributed by atoms with Gasteiger partial charge in [0.2, 0.25) is 0 Å². The van der Waals surface area contributed by atoms with Crippen molar-refractivity contribution in [3.63, 3.8) is 0 Å². The molecule has 1 N–H and O–H groups in total. The molecule has 0 aliphatic heterocycles. The molecule has 0 aliphatic rings. The van der Waals surface area contributed by atoms with Crippen molar-refractivity contribution in [1.82, 2.24) is 0 Å². The molecule has 104 valence electrons. The molecule has 0 saturated carbocycles. The highest BCUT2D eigenvalue weighted by atomic mass is 16.2. The van der Waals surface area contributed by atoms with Crippen LogP contribution in [0.3, 0.4) is 0 Å². The molecule has 18 heavy (non-hydrogen) atoms. The van der Waals surface area contributed by atoms with Gasteiger partial charge in [0.15, 0.2) is 0 Å². The Hall–Kier alpha value is -0.820. The average molecular weight is 250 g/mol. The monoisotopic (exact) mass is 250 g/mol. The minimum atomic E-state index is 0.133. The minimum absolute atomic E-state index is 0.133. The van der Waals surface area contributed by atoms with Crippen molar-refractivity contribution < 1.29 is 5.11 Å². The number of rotatable bonds is 9. The molecule has 0 heterocycles. The fourth-order valence-electron chi connectivity index (χ4n) is 1.86. The van der Waals surface area contributed by atoms with Gasteiger partial charge in [-0.25, -0.2) is 0 Å². The van der Waals surface area contributed by atoms with Crippen LogP contribution < -0.4 is 0 Å². The predicted molar refractivity (Wildman–Crippen MR) is 81.7 cm³/mol. The molecule has 0 rings (SSSR count). The van der Waals surface area contributed by atoms with Crippen molar-refractivity contribution in [2.75, 3.05) is 6.61 Å². The molecule has 0 aliphatic carbocycles. The third kappa shape index (κ3) is 9.23. The molecule has 0 aromatic heterocycles. The summed E-state index contributed by atoms with van der Waals surface area (Å²) in [6.07, 6.45) is 14.6. The van der Waals surface area contributed by atoms with E-state index in [4.69, 9.17) is 5.11 Å². The molecular weight excluding hydrogens is 220 g/mol. The molecule has 0 amide bonds. The van der Waals surface area contributed by atoms with Crippen LogP contribution in [0, 0.1) is 5.92 Å². The summed E-state index contributed by atoms with van der Waals surface area (Å²) in [4.78, 5) is 0. The van der Waals surface area contributed by atoms with E-state index in [9.17, 15) is 0 Å². The highest BCUT2D eigenvalue weighted by Gasteiger charge is 2.02. The van der Waals surface area contributed by atoms with Gasteiger partial charge in [0, 0.05) is 0 Å². The maximum absolute atomic E-state index is 8.77. The van der Waals surface area contributed by atoms with Crippen molar-refractivity contribution in [3.8, 4) is 0 Å². The second-order valence-corrected chi connectivity index (χ2v) is 5.02. The van der Waals surface area contributed by atoms with Gasteiger partial charge in [0.1, 0.15) is 0 Å². The van der Waals surface area contributed by atoms with Crippen molar-refractivity contribution in [2.45, 2.75) is 59.8 Å². The van der Waals surface area contributed by atoms with E-state index in [1.807, 2.05) is 13.0 Å². The number of allylic oxidation sites excluding steroid dienone is 5. The van der Waals surface area contributed by atoms with Crippen molar-refractivity contribution in [2.24, 2.45) is 5.92 Å². The lowest BCUT2D eigenvalue weighted by Gasteiger charge is -2.11. The topological polar surface area (TPSA) is 20.2 Å². The molecular formula is C17H30O. The van der Waals surface area contributed by atoms with Gasteiger partial charge in [-0.2, -0.15) is 0 Å². The molecule has 0 aromatic rings. The van der Waals surface area contributed by atoms with E-state index in [1.54, 1.807) is 0 Å². The Morgan fingerprint density at radius 2 is 1.89 bits per heavy atom. The van der Waals surface area contributed by atoms with Crippen molar-refractivity contribution in [1.29, 1.82) is 0 Å². The van der Waals surface area contributed by atoms with Gasteiger partial charge in [-0.15, -0.1) is 0 Å². The Morgan fingerprint density at radius 1 is 1.17 bits per heavy atom. The third-order valence-electron chi connectivity index (χ3n) is 3.47. The maximum Gasteiger partial charge on any atom is 0.0617 e. The molecule has 1 nitrogen and oxygen atoms in total. The Balaban J connectivity index is 4.01. The highest BCUT2D eigenvalue weighted by Crippen LogP contribution is 2.17. The van der Waals surface area contributed by atoms with Crippen LogP contribution in [0.25, 0.3) is 0 Å². The zero-order valence-corrected chi connectivity index (χ0v) is 12.6. The minimum Gasteiger partial charge on any atom is -0.392 e. The average Bonchev–Trinajstić information content (AvgIpc) is 2.36. The first kappa shape index (κ1) is 17.2. The van der Waals surface area contributed by atoms with Crippen LogP contribution in [-0.4, -0.2) is 11.7 Å². The van der Waals surface area contributed by atoms with E-state index in [-0.39, 0.29) is 6.61 Å². The third-order valence-corrected chi connectivity index (χ3v) is 3.47. The van der Waals surface area contributed by atoms with Crippen molar-refractivity contribution >= 4 is 0 Å². The fraction of sp³-hybridized carbons (Fsp3) is 0.647. The molecule has 1 heteroatoms. The van der Waals surface area contributed by atoms with Crippen molar-refractivity contribution in [3.05, 3.63) is 35.5 Å². The summed E-state index contributed by atoms with van der Waals surface area (Å²) in [5, 5.41) is 8.77. The molecule has 0 radical (unpaired) electrons. The first-order chi connectivity index (χ1) is 8.63. The zero-order valence-electron chi connectivity index (χ0n) is 12.6. The number of aliphatic hydroxyl groups excluding tert-OH is 1. The van der Waals surface area contributed by atoms with Crippen LogP contribution in [0.4, 0.5) is 0 Å². The number of hydrogen-bond donors (Lipinski definition) is 1. The van der Waals surface area contributed by atoms with Gasteiger partial charge in [0.25, 0.3) is 0 Å². The molecule has 0 saturated heterocycles. The summed E-state index contributed by atoms with van der Waals surface area (Å²) < 4.78 is 0. The van der Waals surface area contributed by atoms with E-state index in [1.165, 1.54) is 31.3 Å². The maximum atomic E-state index is 8.77. The Morgan fingerprint density at radius 3 is 2.44 bits per heavy atom. The van der Waals surface area contributed by atoms with Gasteiger partial charge < -0.3 is 5.11 Å². The summed E-state index contributed by atoms with van der Waals surface area (Å²) in [7, 11) is 0. The van der Waals surface area contributed by atoms with Gasteiger partial charge >= 0.3 is 0 Å². The molecule has 0 bridgehead atoms. The highest BCUT2D eigenvalue weighted by molar-refractivity contribution is 5.15. The first-order valence-electron chi connectivity index (χ1n) is 7.23. The lowest BCUT2D eigenvalue weighted by Crippen LogP contribution is -1.96. The van der Waals surface area contributed by atoms with Crippen LogP contribution in [0.5, 0.6) is 0 Å². The summed E-state index contributed by atoms with van der Waals surface area (Å²) in [6.45, 7) is 8.85. The van der Waals surface area contributed by atoms with Crippen LogP contribution >= 0.6 is 0 Å². The smallest absolute Gasteiger partial charge is 0.0617 e. The summed E-state index contributed by atoms with van der Waals surface area (Å²) in [6, 6.07) is 0. The normalized spacial score (nSPS) is 15.4. The molecule has 1 unspecified atom stereocenters. The Bertz CT molecular complexity index is 284. The standard InChI is InChI=1S/C17H30O/c1-5-15(3)9-7-11-17(6-2)12-8-10-16(4)13-14-18/h8-10,13,17-18H,5-7,11-12,14H2,1-4H3. The van der Waals surface area contributed by atoms with E-state index < -0.39 is 0 Å². The van der Waals surface area contributed by atoms with Gasteiger partial charge in [-0.05, 0) is 45.4 Å². The second kappa shape index (κ2) is 11.3. The Labute approximate surface area is 113 Å². The lowest BCUT2D eigenvalue weighted by atomic mass is 9.95. The fourth-order valence-corrected chi connectivity index (χ4v) is 1.86. The molecule has 1 atom stereocenters. The van der Waals surface area contributed by atoms with Crippen LogP contribution in [0.15, 0.2) is 35.5 Å². The molecule has 0 spiro atoms. The zero-order chi connectivity index (χ0) is 13.8. The van der Waals surface area contributed by atoms with Crippen LogP contribution in [0.2, 0.25) is 0 Å². The van der Waals surface area contributed by atoms with Gasteiger partial charge in [0.05, 0.1) is 6.61 Å². The summed E-state index contributed by atoms with van der Waals surface area (Å²) in [5.74, 6) is 0.782. The first-order valence-corrected chi connectivity index (χ1v) is 7.23. The van der Waals surface area contributed by atoms with E-state index in [0.29, 0.717) is 0 Å². The van der Waals surface area contributed by atoms with Gasteiger partial charge in [-0.3, -0.25) is 0 Å². The SMILES string of the molecule is CCC(C)=CCCC(CC)CC=CC(C)=CCO. The number of hydrogen-bond acceptors (Lipinski definition) is 1. The Kier molecular flexibility index (Phi) is 10.8. The van der Waals surface area contributed by atoms with E-state index in [2.05, 4.69) is 39.0 Å². The van der Waals surface area contributed by atoms with Crippen LogP contribution in [-0.2, 0) is 0 Å². The predicted octanol–water partition coefficient (Wildman–Crippen LogP) is 5.03. The van der Waals surface area contributed by atoms with Crippen LogP contribution in [0.1, 0.15) is 59.8 Å². The van der Waals surface area contributed by atoms with E-state index >= 15 is 0 Å². The largest absolute Gasteiger partial charge is 0.392 e. The van der Waals surface area contributed by atoms with E-state index in [0.717, 1.165) is 17.9 Å². The quantitative estimate of drug-likeness (QED) is 0.449. The lowest BCUT2D eigenvalue weighted by molar-refractivity contribution is 0.342.